The summed E-state index contributed by atoms with van der Waals surface area (Å²) in [6, 6.07) is 0.361. The number of likely N-dealkylation sites (tertiary alicyclic amines) is 1. The van der Waals surface area contributed by atoms with E-state index < -0.39 is 0 Å². The van der Waals surface area contributed by atoms with Gasteiger partial charge in [-0.3, -0.25) is 4.90 Å². The molecule has 0 radical (unpaired) electrons. The van der Waals surface area contributed by atoms with Crippen LogP contribution in [0.5, 0.6) is 0 Å². The molecule has 0 spiro atoms. The summed E-state index contributed by atoms with van der Waals surface area (Å²) in [5.41, 5.74) is 5.54. The van der Waals surface area contributed by atoms with Crippen LogP contribution in [0.1, 0.15) is 13.3 Å². The fourth-order valence-corrected chi connectivity index (χ4v) is 2.25. The summed E-state index contributed by atoms with van der Waals surface area (Å²) in [6.45, 7) is 3.90. The van der Waals surface area contributed by atoms with Gasteiger partial charge in [-0.1, -0.05) is 12.2 Å². The van der Waals surface area contributed by atoms with E-state index in [9.17, 15) is 0 Å². The molecule has 1 rings (SSSR count). The Labute approximate surface area is 96.7 Å². The molecule has 1 fully saturated rings. The van der Waals surface area contributed by atoms with Crippen LogP contribution in [0.4, 0.5) is 0 Å². The predicted octanol–water partition coefficient (Wildman–Crippen LogP) is 0.397. The molecule has 0 aliphatic carbocycles. The molecule has 4 nitrogen and oxygen atoms in total. The minimum Gasteiger partial charge on any atom is -0.393 e. The Hall–Kier alpha value is -0.230. The zero-order chi connectivity index (χ0) is 11.4. The number of ether oxygens (including phenoxy) is 2. The monoisotopic (exact) mass is 232 g/mol. The maximum atomic E-state index is 5.54. The molecule has 3 unspecified atom stereocenters. The first-order chi connectivity index (χ1) is 7.08. The summed E-state index contributed by atoms with van der Waals surface area (Å²) in [5, 5.41) is 0. The van der Waals surface area contributed by atoms with Crippen LogP contribution in [0.3, 0.4) is 0 Å². The van der Waals surface area contributed by atoms with Crippen molar-refractivity contribution >= 4 is 17.2 Å². The minimum atomic E-state index is 0.156. The molecule has 0 bridgehead atoms. The first-order valence-electron chi connectivity index (χ1n) is 5.16. The summed E-state index contributed by atoms with van der Waals surface area (Å²) in [7, 11) is 3.44. The molecule has 1 saturated heterocycles. The van der Waals surface area contributed by atoms with Crippen molar-refractivity contribution in [3.63, 3.8) is 0 Å². The van der Waals surface area contributed by atoms with Gasteiger partial charge in [-0.05, 0) is 6.92 Å². The quantitative estimate of drug-likeness (QED) is 0.695. The van der Waals surface area contributed by atoms with E-state index in [4.69, 9.17) is 27.4 Å². The molecular weight excluding hydrogens is 212 g/mol. The number of nitrogens with zero attached hydrogens (tertiary/aromatic N) is 1. The lowest BCUT2D eigenvalue weighted by atomic mass is 10.2. The van der Waals surface area contributed by atoms with Gasteiger partial charge in [0.05, 0.1) is 17.2 Å². The van der Waals surface area contributed by atoms with Crippen molar-refractivity contribution in [2.75, 3.05) is 27.3 Å². The molecule has 1 heterocycles. The number of nitrogens with two attached hydrogens (primary N) is 1. The van der Waals surface area contributed by atoms with Crippen molar-refractivity contribution in [3.05, 3.63) is 0 Å². The third-order valence-corrected chi connectivity index (χ3v) is 3.14. The van der Waals surface area contributed by atoms with Crippen LogP contribution in [0.25, 0.3) is 0 Å². The molecule has 0 aromatic heterocycles. The summed E-state index contributed by atoms with van der Waals surface area (Å²) in [4.78, 5) is 2.87. The van der Waals surface area contributed by atoms with Crippen LogP contribution >= 0.6 is 12.2 Å². The van der Waals surface area contributed by atoms with E-state index in [-0.39, 0.29) is 12.2 Å². The Bertz CT molecular complexity index is 213. The van der Waals surface area contributed by atoms with Crippen LogP contribution in [-0.2, 0) is 9.47 Å². The zero-order valence-corrected chi connectivity index (χ0v) is 10.4. The summed E-state index contributed by atoms with van der Waals surface area (Å²) < 4.78 is 10.7. The zero-order valence-electron chi connectivity index (χ0n) is 9.60. The van der Waals surface area contributed by atoms with Gasteiger partial charge in [0.15, 0.2) is 0 Å². The minimum absolute atomic E-state index is 0.156. The number of rotatable bonds is 5. The fourth-order valence-electron chi connectivity index (χ4n) is 2.00. The lowest BCUT2D eigenvalue weighted by Crippen LogP contribution is -2.35. The van der Waals surface area contributed by atoms with E-state index in [0.29, 0.717) is 11.0 Å². The summed E-state index contributed by atoms with van der Waals surface area (Å²) in [5.74, 6) is 0. The van der Waals surface area contributed by atoms with E-state index in [2.05, 4.69) is 11.8 Å². The lowest BCUT2D eigenvalue weighted by Gasteiger charge is -2.23. The highest BCUT2D eigenvalue weighted by Crippen LogP contribution is 2.19. The van der Waals surface area contributed by atoms with E-state index in [0.717, 1.165) is 19.5 Å². The summed E-state index contributed by atoms with van der Waals surface area (Å²) >= 11 is 4.91. The largest absolute Gasteiger partial charge is 0.393 e. The fraction of sp³-hybridized carbons (Fsp3) is 0.900. The van der Waals surface area contributed by atoms with Crippen molar-refractivity contribution in [1.29, 1.82) is 0 Å². The first-order valence-corrected chi connectivity index (χ1v) is 5.57. The van der Waals surface area contributed by atoms with Crippen molar-refractivity contribution in [2.45, 2.75) is 31.6 Å². The van der Waals surface area contributed by atoms with Crippen LogP contribution < -0.4 is 5.73 Å². The normalized spacial score (nSPS) is 29.3. The van der Waals surface area contributed by atoms with Crippen molar-refractivity contribution in [3.8, 4) is 0 Å². The highest BCUT2D eigenvalue weighted by atomic mass is 32.1. The molecule has 3 atom stereocenters. The second kappa shape index (κ2) is 5.75. The van der Waals surface area contributed by atoms with E-state index in [1.807, 2.05) is 0 Å². The molecule has 88 valence electrons. The third kappa shape index (κ3) is 3.38. The number of methoxy groups -OCH3 is 2. The Balaban J connectivity index is 2.48. The first kappa shape index (κ1) is 12.8. The Morgan fingerprint density at radius 1 is 1.40 bits per heavy atom. The van der Waals surface area contributed by atoms with Gasteiger partial charge in [-0.25, -0.2) is 0 Å². The van der Waals surface area contributed by atoms with Crippen LogP contribution in [0.15, 0.2) is 0 Å². The average molecular weight is 232 g/mol. The third-order valence-electron chi connectivity index (χ3n) is 2.97. The molecule has 0 saturated carbocycles. The van der Waals surface area contributed by atoms with Crippen molar-refractivity contribution in [1.82, 2.24) is 4.90 Å². The van der Waals surface area contributed by atoms with Gasteiger partial charge >= 0.3 is 0 Å². The Morgan fingerprint density at radius 2 is 1.87 bits per heavy atom. The molecule has 0 amide bonds. The number of hydrogen-bond acceptors (Lipinski definition) is 4. The maximum absolute atomic E-state index is 5.54. The van der Waals surface area contributed by atoms with Gasteiger partial charge in [0, 0.05) is 39.8 Å². The standard InChI is InChI=1S/C10H20N2O2S/c1-7(4-10(11)15)12-5-8(13-2)9(6-12)14-3/h7-9H,4-6H2,1-3H3,(H2,11,15). The average Bonchev–Trinajstić information content (AvgIpc) is 2.59. The SMILES string of the molecule is COC1CN(C(C)CC(N)=S)CC1OC. The van der Waals surface area contributed by atoms with Gasteiger partial charge in [0.25, 0.3) is 0 Å². The Morgan fingerprint density at radius 3 is 2.20 bits per heavy atom. The Kier molecular flexibility index (Phi) is 4.92. The van der Waals surface area contributed by atoms with Crippen molar-refractivity contribution in [2.24, 2.45) is 5.73 Å². The van der Waals surface area contributed by atoms with Crippen LogP contribution in [-0.4, -0.2) is 55.4 Å². The number of hydrogen-bond donors (Lipinski definition) is 1. The second-order valence-corrected chi connectivity index (χ2v) is 4.55. The topological polar surface area (TPSA) is 47.7 Å². The van der Waals surface area contributed by atoms with Gasteiger partial charge in [-0.2, -0.15) is 0 Å². The van der Waals surface area contributed by atoms with Gasteiger partial charge in [0.2, 0.25) is 0 Å². The van der Waals surface area contributed by atoms with Gasteiger partial charge in [0.1, 0.15) is 0 Å². The molecule has 0 aromatic carbocycles. The van der Waals surface area contributed by atoms with Gasteiger partial charge in [-0.15, -0.1) is 0 Å². The maximum Gasteiger partial charge on any atom is 0.0971 e. The highest BCUT2D eigenvalue weighted by molar-refractivity contribution is 7.80. The molecule has 2 N–H and O–H groups in total. The lowest BCUT2D eigenvalue weighted by molar-refractivity contribution is -0.00461. The van der Waals surface area contributed by atoms with E-state index in [1.54, 1.807) is 14.2 Å². The van der Waals surface area contributed by atoms with Crippen molar-refractivity contribution < 1.29 is 9.47 Å². The number of thiocarbonyl (C=S) groups is 1. The van der Waals surface area contributed by atoms with Crippen LogP contribution in [0.2, 0.25) is 0 Å². The molecule has 5 heteroatoms. The summed E-state index contributed by atoms with van der Waals surface area (Å²) in [6.07, 6.45) is 1.06. The molecular formula is C10H20N2O2S. The predicted molar refractivity (Wildman–Crippen MR) is 64.0 cm³/mol. The van der Waals surface area contributed by atoms with E-state index >= 15 is 0 Å². The highest BCUT2D eigenvalue weighted by Gasteiger charge is 2.35. The second-order valence-electron chi connectivity index (χ2n) is 4.02. The van der Waals surface area contributed by atoms with E-state index in [1.165, 1.54) is 0 Å². The molecule has 15 heavy (non-hydrogen) atoms. The smallest absolute Gasteiger partial charge is 0.0971 e. The van der Waals surface area contributed by atoms with Crippen LogP contribution in [0, 0.1) is 0 Å². The van der Waals surface area contributed by atoms with Gasteiger partial charge < -0.3 is 15.2 Å². The molecule has 1 aliphatic rings. The molecule has 1 aliphatic heterocycles. The molecule has 0 aromatic rings.